The summed E-state index contributed by atoms with van der Waals surface area (Å²) in [4.78, 5) is 10.8. The maximum atomic E-state index is 10.8. The van der Waals surface area contributed by atoms with E-state index in [1.165, 1.54) is 6.08 Å². The zero-order valence-electron chi connectivity index (χ0n) is 5.79. The van der Waals surface area contributed by atoms with Crippen LogP contribution < -0.4 is 5.43 Å². The molecule has 2 nitrogen and oxygen atoms in total. The lowest BCUT2D eigenvalue weighted by atomic mass is 10.2. The summed E-state index contributed by atoms with van der Waals surface area (Å²) >= 11 is 0. The number of fused-ring (bicyclic) bond motifs is 1. The minimum absolute atomic E-state index is 0.0457. The van der Waals surface area contributed by atoms with Crippen LogP contribution in [0.15, 0.2) is 23.5 Å². The lowest BCUT2D eigenvalue weighted by Gasteiger charge is -1.92. The molecule has 2 rings (SSSR count). The van der Waals surface area contributed by atoms with E-state index < -0.39 is 0 Å². The van der Waals surface area contributed by atoms with Crippen LogP contribution in [0.3, 0.4) is 0 Å². The Morgan fingerprint density at radius 2 is 2.18 bits per heavy atom. The number of benzene rings is 1. The summed E-state index contributed by atoms with van der Waals surface area (Å²) in [5.41, 5.74) is 0.574. The highest BCUT2D eigenvalue weighted by atomic mass is 16.3. The Kier molecular flexibility index (Phi) is 0.965. The van der Waals surface area contributed by atoms with Gasteiger partial charge >= 0.3 is 0 Å². The molecule has 0 amide bonds. The van der Waals surface area contributed by atoms with Crippen molar-refractivity contribution in [2.75, 3.05) is 0 Å². The molecule has 1 N–H and O–H groups in total. The van der Waals surface area contributed by atoms with Crippen LogP contribution in [-0.4, -0.2) is 5.11 Å². The van der Waals surface area contributed by atoms with E-state index in [4.69, 9.17) is 0 Å². The predicted molar refractivity (Wildman–Crippen MR) is 44.3 cm³/mol. The molecular weight excluding hydrogens is 140 g/mol. The number of phenols is 1. The van der Waals surface area contributed by atoms with Crippen molar-refractivity contribution in [2.45, 2.75) is 0 Å². The summed E-state index contributed by atoms with van der Waals surface area (Å²) in [6, 6.07) is 3.39. The van der Waals surface area contributed by atoms with E-state index in [1.54, 1.807) is 12.1 Å². The second-order valence-corrected chi connectivity index (χ2v) is 2.46. The van der Waals surface area contributed by atoms with Gasteiger partial charge in [0.2, 0.25) is 0 Å². The van der Waals surface area contributed by atoms with Gasteiger partial charge < -0.3 is 5.11 Å². The highest BCUT2D eigenvalue weighted by Gasteiger charge is 2.17. The van der Waals surface area contributed by atoms with Crippen LogP contribution in [0, 0.1) is 0 Å². The van der Waals surface area contributed by atoms with E-state index in [9.17, 15) is 9.90 Å². The average Bonchev–Trinajstić information content (AvgIpc) is 2.64. The van der Waals surface area contributed by atoms with Crippen molar-refractivity contribution >= 4 is 16.8 Å². The molecule has 2 aromatic carbocycles. The first kappa shape index (κ1) is 6.16. The van der Waals surface area contributed by atoms with Crippen molar-refractivity contribution in [3.63, 3.8) is 0 Å². The maximum absolute atomic E-state index is 10.8. The molecule has 0 spiro atoms. The molecule has 2 aromatic rings. The van der Waals surface area contributed by atoms with Gasteiger partial charge in [0.25, 0.3) is 0 Å². The Morgan fingerprint density at radius 3 is 2.82 bits per heavy atom. The molecule has 0 unspecified atom stereocenters. The van der Waals surface area contributed by atoms with Crippen LogP contribution in [0.1, 0.15) is 5.56 Å². The van der Waals surface area contributed by atoms with E-state index >= 15 is 0 Å². The SMILES string of the molecule is C=Cc1ccc2c(=O)c2c1O. The topological polar surface area (TPSA) is 37.3 Å². The third-order valence-corrected chi connectivity index (χ3v) is 1.84. The molecule has 2 heteroatoms. The molecule has 0 aliphatic heterocycles. The summed E-state index contributed by atoms with van der Waals surface area (Å²) in [5, 5.41) is 10.4. The summed E-state index contributed by atoms with van der Waals surface area (Å²) < 4.78 is 0. The normalized spacial score (nSPS) is 10.9. The molecule has 0 atom stereocenters. The van der Waals surface area contributed by atoms with Crippen LogP contribution in [-0.2, 0) is 0 Å². The molecule has 0 fully saturated rings. The van der Waals surface area contributed by atoms with Crippen molar-refractivity contribution in [1.29, 1.82) is 0 Å². The van der Waals surface area contributed by atoms with Gasteiger partial charge in [0.15, 0.2) is 5.43 Å². The van der Waals surface area contributed by atoms with Gasteiger partial charge in [-0.05, 0) is 6.07 Å². The van der Waals surface area contributed by atoms with Crippen LogP contribution in [0.25, 0.3) is 16.8 Å². The molecule has 0 aliphatic rings. The minimum Gasteiger partial charge on any atom is -0.507 e. The lowest BCUT2D eigenvalue weighted by Crippen LogP contribution is -1.70. The molecule has 0 heterocycles. The number of phenolic OH excluding ortho intramolecular Hbond substituents is 1. The fraction of sp³-hybridized carbons (Fsp3) is 0. The second-order valence-electron chi connectivity index (χ2n) is 2.46. The number of hydrogen-bond donors (Lipinski definition) is 1. The highest BCUT2D eigenvalue weighted by molar-refractivity contribution is 6.03. The van der Waals surface area contributed by atoms with E-state index in [-0.39, 0.29) is 11.2 Å². The van der Waals surface area contributed by atoms with Gasteiger partial charge in [-0.15, -0.1) is 0 Å². The van der Waals surface area contributed by atoms with Gasteiger partial charge in [-0.3, -0.25) is 4.79 Å². The molecule has 54 valence electrons. The molecule has 0 aliphatic carbocycles. The molecule has 11 heavy (non-hydrogen) atoms. The van der Waals surface area contributed by atoms with Gasteiger partial charge in [0.1, 0.15) is 5.75 Å². The highest BCUT2D eigenvalue weighted by Crippen LogP contribution is 2.30. The largest absolute Gasteiger partial charge is 0.507 e. The first-order valence-electron chi connectivity index (χ1n) is 3.29. The van der Waals surface area contributed by atoms with Crippen molar-refractivity contribution in [2.24, 2.45) is 0 Å². The molecule has 0 aromatic heterocycles. The van der Waals surface area contributed by atoms with E-state index in [0.29, 0.717) is 16.3 Å². The van der Waals surface area contributed by atoms with Crippen molar-refractivity contribution in [1.82, 2.24) is 0 Å². The van der Waals surface area contributed by atoms with Gasteiger partial charge in [-0.2, -0.15) is 0 Å². The van der Waals surface area contributed by atoms with E-state index in [2.05, 4.69) is 6.58 Å². The van der Waals surface area contributed by atoms with Crippen LogP contribution in [0.5, 0.6) is 5.75 Å². The third kappa shape index (κ3) is 0.635. The van der Waals surface area contributed by atoms with Gasteiger partial charge in [-0.1, -0.05) is 18.7 Å². The van der Waals surface area contributed by atoms with Crippen LogP contribution >= 0.6 is 0 Å². The van der Waals surface area contributed by atoms with Gasteiger partial charge in [0.05, 0.1) is 5.39 Å². The predicted octanol–water partition coefficient (Wildman–Crippen LogP) is 1.42. The first-order valence-corrected chi connectivity index (χ1v) is 3.29. The molecule has 0 radical (unpaired) electrons. The van der Waals surface area contributed by atoms with Crippen molar-refractivity contribution < 1.29 is 5.11 Å². The third-order valence-electron chi connectivity index (χ3n) is 1.84. The molecular formula is C9H6O2. The quantitative estimate of drug-likeness (QED) is 0.660. The lowest BCUT2D eigenvalue weighted by molar-refractivity contribution is 0.481. The zero-order valence-corrected chi connectivity index (χ0v) is 5.79. The Labute approximate surface area is 63.1 Å². The Bertz CT molecular complexity index is 445. The number of aromatic hydroxyl groups is 1. The number of rotatable bonds is 1. The monoisotopic (exact) mass is 146 g/mol. The Hall–Kier alpha value is -1.57. The van der Waals surface area contributed by atoms with Gasteiger partial charge in [0, 0.05) is 10.9 Å². The van der Waals surface area contributed by atoms with Crippen LogP contribution in [0.4, 0.5) is 0 Å². The summed E-state index contributed by atoms with van der Waals surface area (Å²) in [6.07, 6.45) is 1.53. The smallest absolute Gasteiger partial charge is 0.198 e. The van der Waals surface area contributed by atoms with Crippen molar-refractivity contribution in [3.05, 3.63) is 34.5 Å². The van der Waals surface area contributed by atoms with Crippen LogP contribution in [0.2, 0.25) is 0 Å². The molecule has 0 saturated carbocycles. The second kappa shape index (κ2) is 1.72. The number of hydrogen-bond acceptors (Lipinski definition) is 2. The Morgan fingerprint density at radius 1 is 1.45 bits per heavy atom. The fourth-order valence-electron chi connectivity index (χ4n) is 1.14. The fourth-order valence-corrected chi connectivity index (χ4v) is 1.14. The average molecular weight is 146 g/mol. The standard InChI is InChI=1S/C9H6O2/c1-2-5-3-4-6-7(8(5)10)9(6)11/h2-4,10H,1H2. The van der Waals surface area contributed by atoms with E-state index in [0.717, 1.165) is 0 Å². The van der Waals surface area contributed by atoms with Crippen molar-refractivity contribution in [3.8, 4) is 5.75 Å². The maximum Gasteiger partial charge on any atom is 0.198 e. The molecule has 0 bridgehead atoms. The minimum atomic E-state index is -0.0457. The first-order chi connectivity index (χ1) is 5.25. The van der Waals surface area contributed by atoms with E-state index in [1.807, 2.05) is 0 Å². The summed E-state index contributed by atoms with van der Waals surface area (Å²) in [5.74, 6) is 0.0718. The molecule has 0 saturated heterocycles. The van der Waals surface area contributed by atoms with Gasteiger partial charge in [-0.25, -0.2) is 0 Å². The zero-order chi connectivity index (χ0) is 8.01. The summed E-state index contributed by atoms with van der Waals surface area (Å²) in [7, 11) is 0. The summed E-state index contributed by atoms with van der Waals surface area (Å²) in [6.45, 7) is 3.51. The Balaban J connectivity index is 2.85.